The molecule has 0 saturated carbocycles. The molecule has 0 aliphatic carbocycles. The predicted octanol–water partition coefficient (Wildman–Crippen LogP) is 3.46. The maximum Gasteiger partial charge on any atom is 0.198 e. The van der Waals surface area contributed by atoms with E-state index in [0.717, 1.165) is 10.8 Å². The summed E-state index contributed by atoms with van der Waals surface area (Å²) in [7, 11) is 0. The molecule has 3 rings (SSSR count). The van der Waals surface area contributed by atoms with Crippen molar-refractivity contribution in [2.24, 2.45) is 0 Å². The fourth-order valence-corrected chi connectivity index (χ4v) is 2.85. The smallest absolute Gasteiger partial charge is 0.198 e. The molecule has 0 fully saturated rings. The van der Waals surface area contributed by atoms with Crippen molar-refractivity contribution in [2.45, 2.75) is 12.1 Å². The van der Waals surface area contributed by atoms with Crippen molar-refractivity contribution in [3.63, 3.8) is 0 Å². The van der Waals surface area contributed by atoms with Gasteiger partial charge in [0.05, 0.1) is 12.1 Å². The molecule has 0 saturated heterocycles. The van der Waals surface area contributed by atoms with Gasteiger partial charge >= 0.3 is 0 Å². The molecular formula is C15H14ClN5OS. The monoisotopic (exact) mass is 347 g/mol. The van der Waals surface area contributed by atoms with E-state index in [2.05, 4.69) is 20.2 Å². The van der Waals surface area contributed by atoms with E-state index >= 15 is 0 Å². The van der Waals surface area contributed by atoms with Crippen LogP contribution >= 0.6 is 23.4 Å². The molecule has 23 heavy (non-hydrogen) atoms. The molecule has 0 atom stereocenters. The minimum absolute atomic E-state index is 0.503. The Labute approximate surface area is 142 Å². The second-order valence-electron chi connectivity index (χ2n) is 4.46. The van der Waals surface area contributed by atoms with Crippen LogP contribution < -0.4 is 0 Å². The Morgan fingerprint density at radius 2 is 2.00 bits per heavy atom. The van der Waals surface area contributed by atoms with Gasteiger partial charge < -0.3 is 4.74 Å². The van der Waals surface area contributed by atoms with Gasteiger partial charge in [0.25, 0.3) is 0 Å². The summed E-state index contributed by atoms with van der Waals surface area (Å²) in [6.45, 7) is 2.61. The summed E-state index contributed by atoms with van der Waals surface area (Å²) in [5.74, 6) is 1.13. The molecule has 2 heterocycles. The number of ether oxygens (including phenoxy) is 1. The van der Waals surface area contributed by atoms with Crippen molar-refractivity contribution >= 4 is 23.4 Å². The molecule has 0 unspecified atom stereocenters. The minimum atomic E-state index is 0.503. The van der Waals surface area contributed by atoms with E-state index < -0.39 is 0 Å². The van der Waals surface area contributed by atoms with E-state index in [9.17, 15) is 0 Å². The fraction of sp³-hybridized carbons (Fsp3) is 0.200. The molecule has 0 amide bonds. The van der Waals surface area contributed by atoms with Crippen LogP contribution in [0.5, 0.6) is 0 Å². The third-order valence-corrected chi connectivity index (χ3v) is 4.04. The van der Waals surface area contributed by atoms with Crippen molar-refractivity contribution in [3.05, 3.63) is 47.9 Å². The number of rotatable bonds is 6. The molecule has 0 bridgehead atoms. The van der Waals surface area contributed by atoms with Gasteiger partial charge in [-0.3, -0.25) is 9.55 Å². The van der Waals surface area contributed by atoms with Crippen LogP contribution in [0.2, 0.25) is 5.02 Å². The first-order chi connectivity index (χ1) is 11.3. The van der Waals surface area contributed by atoms with Crippen LogP contribution in [0.25, 0.3) is 17.2 Å². The molecule has 3 aromatic rings. The van der Waals surface area contributed by atoms with Crippen LogP contribution in [0.15, 0.2) is 48.0 Å². The lowest BCUT2D eigenvalue weighted by Crippen LogP contribution is -2.01. The summed E-state index contributed by atoms with van der Waals surface area (Å²) < 4.78 is 7.32. The summed E-state index contributed by atoms with van der Waals surface area (Å²) in [6.07, 6.45) is 4.91. The van der Waals surface area contributed by atoms with Gasteiger partial charge in [-0.15, -0.1) is 10.2 Å². The standard InChI is InChI=1S/C15H14ClN5OS/c1-2-22-10-23-15-20-19-14(13-9-17-7-8-18-13)21(15)12-5-3-11(16)4-6-12/h3-9H,2,10H2,1H3. The molecule has 6 nitrogen and oxygen atoms in total. The third-order valence-electron chi connectivity index (χ3n) is 2.99. The van der Waals surface area contributed by atoms with Crippen LogP contribution in [0.1, 0.15) is 6.92 Å². The minimum Gasteiger partial charge on any atom is -0.371 e. The Morgan fingerprint density at radius 1 is 1.17 bits per heavy atom. The number of hydrogen-bond acceptors (Lipinski definition) is 6. The Morgan fingerprint density at radius 3 is 2.70 bits per heavy atom. The first-order valence-electron chi connectivity index (χ1n) is 6.98. The summed E-state index contributed by atoms with van der Waals surface area (Å²) in [5.41, 5.74) is 1.55. The molecule has 0 spiro atoms. The molecule has 2 aromatic heterocycles. The number of nitrogens with zero attached hydrogens (tertiary/aromatic N) is 5. The molecule has 1 aromatic carbocycles. The number of thioether (sulfide) groups is 1. The molecular weight excluding hydrogens is 334 g/mol. The highest BCUT2D eigenvalue weighted by Crippen LogP contribution is 2.27. The Balaban J connectivity index is 2.04. The van der Waals surface area contributed by atoms with Gasteiger partial charge in [0.2, 0.25) is 0 Å². The number of hydrogen-bond donors (Lipinski definition) is 0. The van der Waals surface area contributed by atoms with Gasteiger partial charge in [-0.25, -0.2) is 4.98 Å². The molecule has 8 heteroatoms. The lowest BCUT2D eigenvalue weighted by atomic mass is 10.3. The van der Waals surface area contributed by atoms with Crippen LogP contribution in [0.3, 0.4) is 0 Å². The van der Waals surface area contributed by atoms with Gasteiger partial charge in [0, 0.05) is 29.7 Å². The second-order valence-corrected chi connectivity index (χ2v) is 5.79. The topological polar surface area (TPSA) is 65.7 Å². The zero-order valence-electron chi connectivity index (χ0n) is 12.4. The van der Waals surface area contributed by atoms with Crippen molar-refractivity contribution in [3.8, 4) is 17.2 Å². The van der Waals surface area contributed by atoms with Crippen molar-refractivity contribution < 1.29 is 4.74 Å². The quantitative estimate of drug-likeness (QED) is 0.386. The number of halogens is 1. The van der Waals surface area contributed by atoms with Crippen molar-refractivity contribution in [2.75, 3.05) is 12.5 Å². The molecule has 0 aliphatic rings. The average Bonchev–Trinajstić information content (AvgIpc) is 3.00. The molecule has 0 aliphatic heterocycles. The van der Waals surface area contributed by atoms with E-state index in [1.165, 1.54) is 11.8 Å². The summed E-state index contributed by atoms with van der Waals surface area (Å²) in [4.78, 5) is 8.41. The molecule has 0 N–H and O–H groups in total. The van der Waals surface area contributed by atoms with Gasteiger partial charge in [-0.1, -0.05) is 23.4 Å². The highest BCUT2D eigenvalue weighted by atomic mass is 35.5. The van der Waals surface area contributed by atoms with Crippen molar-refractivity contribution in [1.29, 1.82) is 0 Å². The zero-order chi connectivity index (χ0) is 16.1. The van der Waals surface area contributed by atoms with Crippen LogP contribution in [0, 0.1) is 0 Å². The fourth-order valence-electron chi connectivity index (χ4n) is 1.94. The Hall–Kier alpha value is -1.96. The van der Waals surface area contributed by atoms with Crippen LogP contribution in [-0.4, -0.2) is 37.3 Å². The van der Waals surface area contributed by atoms with Gasteiger partial charge in [-0.05, 0) is 31.2 Å². The highest BCUT2D eigenvalue weighted by Gasteiger charge is 2.17. The lowest BCUT2D eigenvalue weighted by Gasteiger charge is -2.09. The van der Waals surface area contributed by atoms with Crippen LogP contribution in [0.4, 0.5) is 0 Å². The van der Waals surface area contributed by atoms with E-state index in [1.54, 1.807) is 18.6 Å². The SMILES string of the molecule is CCOCSc1nnc(-c2cnccn2)n1-c1ccc(Cl)cc1. The Bertz CT molecular complexity index is 763. The van der Waals surface area contributed by atoms with Gasteiger partial charge in [0.1, 0.15) is 5.69 Å². The highest BCUT2D eigenvalue weighted by molar-refractivity contribution is 7.99. The van der Waals surface area contributed by atoms with Gasteiger partial charge in [-0.2, -0.15) is 0 Å². The van der Waals surface area contributed by atoms with Crippen LogP contribution in [-0.2, 0) is 4.74 Å². The first-order valence-corrected chi connectivity index (χ1v) is 8.34. The van der Waals surface area contributed by atoms with E-state index in [4.69, 9.17) is 16.3 Å². The number of aromatic nitrogens is 5. The first kappa shape index (κ1) is 15.9. The maximum atomic E-state index is 5.98. The summed E-state index contributed by atoms with van der Waals surface area (Å²) in [6, 6.07) is 7.48. The predicted molar refractivity (Wildman–Crippen MR) is 89.7 cm³/mol. The molecule has 118 valence electrons. The maximum absolute atomic E-state index is 5.98. The lowest BCUT2D eigenvalue weighted by molar-refractivity contribution is 0.199. The summed E-state index contributed by atoms with van der Waals surface area (Å²) >= 11 is 7.46. The van der Waals surface area contributed by atoms with E-state index in [-0.39, 0.29) is 0 Å². The normalized spacial score (nSPS) is 10.9. The molecule has 0 radical (unpaired) electrons. The van der Waals surface area contributed by atoms with Gasteiger partial charge in [0.15, 0.2) is 11.0 Å². The van der Waals surface area contributed by atoms with E-state index in [1.807, 2.05) is 35.8 Å². The third kappa shape index (κ3) is 3.69. The second kappa shape index (κ2) is 7.54. The van der Waals surface area contributed by atoms with Crippen molar-refractivity contribution in [1.82, 2.24) is 24.7 Å². The van der Waals surface area contributed by atoms with E-state index in [0.29, 0.717) is 29.1 Å². The Kier molecular flexibility index (Phi) is 5.22. The largest absolute Gasteiger partial charge is 0.371 e. The average molecular weight is 348 g/mol. The summed E-state index contributed by atoms with van der Waals surface area (Å²) in [5, 5.41) is 9.92. The zero-order valence-corrected chi connectivity index (χ0v) is 14.0. The number of benzene rings is 1.